The fraction of sp³-hybridized carbons (Fsp3) is 0.227. The molecule has 3 aromatic carbocycles. The maximum atomic E-state index is 12.8. The predicted molar refractivity (Wildman–Crippen MR) is 109 cm³/mol. The second-order valence-corrected chi connectivity index (χ2v) is 9.36. The highest BCUT2D eigenvalue weighted by Gasteiger charge is 2.25. The van der Waals surface area contributed by atoms with Crippen molar-refractivity contribution in [3.8, 4) is 0 Å². The van der Waals surface area contributed by atoms with Crippen molar-refractivity contribution in [2.75, 3.05) is 0 Å². The summed E-state index contributed by atoms with van der Waals surface area (Å²) in [6.45, 7) is 5.12. The largest absolute Gasteiger partial charge is 0.345 e. The van der Waals surface area contributed by atoms with Crippen LogP contribution >= 0.6 is 0 Å². The van der Waals surface area contributed by atoms with Crippen LogP contribution in [0.15, 0.2) is 71.6 Å². The van der Waals surface area contributed by atoms with Gasteiger partial charge in [0.15, 0.2) is 9.84 Å². The Kier molecular flexibility index (Phi) is 5.33. The number of amides is 1. The van der Waals surface area contributed by atoms with E-state index >= 15 is 0 Å². The zero-order valence-corrected chi connectivity index (χ0v) is 16.5. The van der Waals surface area contributed by atoms with Crippen LogP contribution in [0.25, 0.3) is 10.8 Å². The van der Waals surface area contributed by atoms with Gasteiger partial charge in [-0.1, -0.05) is 48.5 Å². The van der Waals surface area contributed by atoms with E-state index in [1.165, 1.54) is 6.07 Å². The number of hydrogen-bond acceptors (Lipinski definition) is 3. The average Bonchev–Trinajstić information content (AvgIpc) is 2.67. The lowest BCUT2D eigenvalue weighted by molar-refractivity contribution is 0.0936. The van der Waals surface area contributed by atoms with Gasteiger partial charge >= 0.3 is 0 Å². The van der Waals surface area contributed by atoms with Crippen LogP contribution in [0.1, 0.15) is 42.7 Å². The highest BCUT2D eigenvalue weighted by atomic mass is 32.2. The average molecular weight is 381 g/mol. The minimum atomic E-state index is -3.54. The maximum absolute atomic E-state index is 12.8. The third kappa shape index (κ3) is 3.88. The lowest BCUT2D eigenvalue weighted by Gasteiger charge is -2.17. The maximum Gasteiger partial charge on any atom is 0.253 e. The Morgan fingerprint density at radius 1 is 0.852 bits per heavy atom. The molecule has 1 atom stereocenters. The van der Waals surface area contributed by atoms with E-state index in [9.17, 15) is 13.2 Å². The topological polar surface area (TPSA) is 63.2 Å². The van der Waals surface area contributed by atoms with Gasteiger partial charge in [0.05, 0.1) is 21.8 Å². The first kappa shape index (κ1) is 19.1. The van der Waals surface area contributed by atoms with Crippen LogP contribution < -0.4 is 5.32 Å². The van der Waals surface area contributed by atoms with Crippen LogP contribution in [0.2, 0.25) is 0 Å². The standard InChI is InChI=1S/C22H23NO3S/c1-15(2)27(25,26)21-11-7-6-10-20(21)22(24)23-16(3)18-13-12-17-8-4-5-9-19(17)14-18/h4-16H,1-3H3,(H,23,24). The molecule has 1 N–H and O–H groups in total. The van der Waals surface area contributed by atoms with Gasteiger partial charge in [0.1, 0.15) is 0 Å². The molecule has 0 radical (unpaired) electrons. The summed E-state index contributed by atoms with van der Waals surface area (Å²) in [5.41, 5.74) is 1.14. The Labute approximate surface area is 160 Å². The molecule has 0 fully saturated rings. The van der Waals surface area contributed by atoms with Gasteiger partial charge in [0.2, 0.25) is 0 Å². The number of sulfone groups is 1. The highest BCUT2D eigenvalue weighted by Crippen LogP contribution is 2.23. The normalized spacial score (nSPS) is 12.9. The number of fused-ring (bicyclic) bond motifs is 1. The zero-order chi connectivity index (χ0) is 19.6. The molecular formula is C22H23NO3S. The van der Waals surface area contributed by atoms with Crippen LogP contribution in [0.3, 0.4) is 0 Å². The van der Waals surface area contributed by atoms with E-state index in [1.807, 2.05) is 49.4 Å². The van der Waals surface area contributed by atoms with E-state index in [4.69, 9.17) is 0 Å². The van der Waals surface area contributed by atoms with Gasteiger partial charge in [-0.15, -0.1) is 0 Å². The van der Waals surface area contributed by atoms with Gasteiger partial charge in [-0.05, 0) is 55.3 Å². The van der Waals surface area contributed by atoms with Gasteiger partial charge < -0.3 is 5.32 Å². The molecule has 0 aliphatic rings. The lowest BCUT2D eigenvalue weighted by Crippen LogP contribution is -2.29. The quantitative estimate of drug-likeness (QED) is 0.707. The third-order valence-corrected chi connectivity index (χ3v) is 6.89. The molecule has 0 aliphatic heterocycles. The van der Waals surface area contributed by atoms with E-state index in [0.29, 0.717) is 0 Å². The first-order valence-electron chi connectivity index (χ1n) is 8.93. The summed E-state index contributed by atoms with van der Waals surface area (Å²) in [4.78, 5) is 12.9. The summed E-state index contributed by atoms with van der Waals surface area (Å²) < 4.78 is 25.2. The first-order valence-corrected chi connectivity index (χ1v) is 10.5. The van der Waals surface area contributed by atoms with Crippen molar-refractivity contribution in [1.29, 1.82) is 0 Å². The summed E-state index contributed by atoms with van der Waals surface area (Å²) in [5, 5.41) is 4.56. The lowest BCUT2D eigenvalue weighted by atomic mass is 10.0. The Morgan fingerprint density at radius 2 is 1.48 bits per heavy atom. The Hall–Kier alpha value is -2.66. The Balaban J connectivity index is 1.89. The van der Waals surface area contributed by atoms with Gasteiger partial charge in [-0.2, -0.15) is 0 Å². The zero-order valence-electron chi connectivity index (χ0n) is 15.6. The van der Waals surface area contributed by atoms with Crippen LogP contribution in [-0.4, -0.2) is 19.6 Å². The van der Waals surface area contributed by atoms with Crippen LogP contribution in [0.4, 0.5) is 0 Å². The molecule has 0 aliphatic carbocycles. The second-order valence-electron chi connectivity index (χ2n) is 6.89. The Bertz CT molecular complexity index is 1090. The molecule has 3 rings (SSSR count). The van der Waals surface area contributed by atoms with Crippen molar-refractivity contribution in [1.82, 2.24) is 5.32 Å². The van der Waals surface area contributed by atoms with Gasteiger partial charge in [-0.25, -0.2) is 8.42 Å². The number of nitrogens with one attached hydrogen (secondary N) is 1. The molecular weight excluding hydrogens is 358 g/mol. The van der Waals surface area contributed by atoms with Crippen molar-refractivity contribution < 1.29 is 13.2 Å². The number of benzene rings is 3. The van der Waals surface area contributed by atoms with Crippen molar-refractivity contribution in [2.45, 2.75) is 37.0 Å². The molecule has 0 heterocycles. The summed E-state index contributed by atoms with van der Waals surface area (Å²) in [5.74, 6) is -0.393. The van der Waals surface area contributed by atoms with Gasteiger partial charge in [0, 0.05) is 0 Å². The van der Waals surface area contributed by atoms with Crippen LogP contribution in [-0.2, 0) is 9.84 Å². The highest BCUT2D eigenvalue weighted by molar-refractivity contribution is 7.92. The van der Waals surface area contributed by atoms with Crippen LogP contribution in [0.5, 0.6) is 0 Å². The predicted octanol–water partition coefficient (Wildman–Crippen LogP) is 4.51. The summed E-state index contributed by atoms with van der Waals surface area (Å²) in [7, 11) is -3.54. The van der Waals surface area contributed by atoms with Crippen molar-refractivity contribution in [3.63, 3.8) is 0 Å². The van der Waals surface area contributed by atoms with E-state index in [0.717, 1.165) is 16.3 Å². The number of hydrogen-bond donors (Lipinski definition) is 1. The van der Waals surface area contributed by atoms with E-state index in [2.05, 4.69) is 5.32 Å². The van der Waals surface area contributed by atoms with E-state index in [1.54, 1.807) is 32.0 Å². The van der Waals surface area contributed by atoms with Crippen LogP contribution in [0, 0.1) is 0 Å². The summed E-state index contributed by atoms with van der Waals surface area (Å²) >= 11 is 0. The molecule has 0 saturated carbocycles. The van der Waals surface area contributed by atoms with Gasteiger partial charge in [-0.3, -0.25) is 4.79 Å². The van der Waals surface area contributed by atoms with E-state index in [-0.39, 0.29) is 16.5 Å². The molecule has 1 amide bonds. The van der Waals surface area contributed by atoms with Crippen molar-refractivity contribution in [3.05, 3.63) is 77.9 Å². The number of carbonyl (C=O) groups excluding carboxylic acids is 1. The fourth-order valence-corrected chi connectivity index (χ4v) is 4.23. The molecule has 0 saturated heterocycles. The molecule has 1 unspecified atom stereocenters. The molecule has 5 heteroatoms. The second kappa shape index (κ2) is 7.53. The number of rotatable bonds is 5. The molecule has 0 spiro atoms. The molecule has 140 valence electrons. The first-order chi connectivity index (χ1) is 12.8. The summed E-state index contributed by atoms with van der Waals surface area (Å²) in [6, 6.07) is 20.2. The molecule has 4 nitrogen and oxygen atoms in total. The molecule has 0 aromatic heterocycles. The van der Waals surface area contributed by atoms with Crippen molar-refractivity contribution in [2.24, 2.45) is 0 Å². The van der Waals surface area contributed by atoms with Gasteiger partial charge in [0.25, 0.3) is 5.91 Å². The minimum absolute atomic E-state index is 0.0724. The molecule has 3 aromatic rings. The monoisotopic (exact) mass is 381 g/mol. The third-order valence-electron chi connectivity index (χ3n) is 4.68. The smallest absolute Gasteiger partial charge is 0.253 e. The SMILES string of the molecule is CC(NC(=O)c1ccccc1S(=O)(=O)C(C)C)c1ccc2ccccc2c1. The molecule has 27 heavy (non-hydrogen) atoms. The fourth-order valence-electron chi connectivity index (χ4n) is 2.99. The minimum Gasteiger partial charge on any atom is -0.345 e. The summed E-state index contributed by atoms with van der Waals surface area (Å²) in [6.07, 6.45) is 0. The molecule has 0 bridgehead atoms. The number of carbonyl (C=O) groups is 1. The van der Waals surface area contributed by atoms with E-state index < -0.39 is 21.0 Å². The Morgan fingerprint density at radius 3 is 2.19 bits per heavy atom. The van der Waals surface area contributed by atoms with Crippen molar-refractivity contribution >= 4 is 26.5 Å².